The van der Waals surface area contributed by atoms with Crippen molar-refractivity contribution in [2.75, 3.05) is 19.7 Å². The molecule has 1 fully saturated rings. The van der Waals surface area contributed by atoms with Crippen molar-refractivity contribution in [1.82, 2.24) is 4.90 Å². The molecule has 2 atom stereocenters. The van der Waals surface area contributed by atoms with Gasteiger partial charge in [0.2, 0.25) is 5.91 Å². The molecule has 1 aromatic carbocycles. The second kappa shape index (κ2) is 8.31. The number of nitrogens with two attached hydrogens (primary N) is 1. The highest BCUT2D eigenvalue weighted by molar-refractivity contribution is 9.10. The van der Waals surface area contributed by atoms with Crippen molar-refractivity contribution in [2.24, 2.45) is 11.7 Å². The average molecular weight is 385 g/mol. The molecule has 2 unspecified atom stereocenters. The first-order chi connectivity index (χ1) is 11.0. The molecule has 1 aliphatic heterocycles. The summed E-state index contributed by atoms with van der Waals surface area (Å²) in [7, 11) is 0. The van der Waals surface area contributed by atoms with E-state index in [2.05, 4.69) is 15.9 Å². The quantitative estimate of drug-likeness (QED) is 0.730. The van der Waals surface area contributed by atoms with Gasteiger partial charge < -0.3 is 20.5 Å². The Bertz CT molecular complexity index is 567. The monoisotopic (exact) mass is 384 g/mol. The lowest BCUT2D eigenvalue weighted by atomic mass is 9.92. The molecule has 0 aromatic heterocycles. The highest BCUT2D eigenvalue weighted by Gasteiger charge is 2.33. The topological polar surface area (TPSA) is 92.9 Å². The molecule has 1 amide bonds. The van der Waals surface area contributed by atoms with E-state index < -0.39 is 17.9 Å². The number of carbonyl (C=O) groups is 2. The minimum Gasteiger partial charge on any atom is -0.492 e. The van der Waals surface area contributed by atoms with Crippen LogP contribution >= 0.6 is 15.9 Å². The summed E-state index contributed by atoms with van der Waals surface area (Å²) in [5.74, 6) is -0.687. The molecular weight excluding hydrogens is 364 g/mol. The van der Waals surface area contributed by atoms with E-state index in [1.165, 1.54) is 0 Å². The van der Waals surface area contributed by atoms with Crippen LogP contribution in [0.25, 0.3) is 0 Å². The number of hydrogen-bond donors (Lipinski definition) is 2. The van der Waals surface area contributed by atoms with Gasteiger partial charge in [-0.15, -0.1) is 0 Å². The third kappa shape index (κ3) is 4.94. The van der Waals surface area contributed by atoms with Crippen molar-refractivity contribution in [2.45, 2.75) is 25.3 Å². The molecule has 0 bridgehead atoms. The van der Waals surface area contributed by atoms with Gasteiger partial charge in [0.25, 0.3) is 0 Å². The van der Waals surface area contributed by atoms with Crippen molar-refractivity contribution in [3.05, 3.63) is 28.7 Å². The fourth-order valence-electron chi connectivity index (χ4n) is 2.64. The van der Waals surface area contributed by atoms with Gasteiger partial charge in [0.05, 0.1) is 17.0 Å². The zero-order chi connectivity index (χ0) is 16.8. The normalized spacial score (nSPS) is 21.0. The van der Waals surface area contributed by atoms with E-state index in [1.54, 1.807) is 4.90 Å². The van der Waals surface area contributed by atoms with E-state index in [9.17, 15) is 9.59 Å². The molecule has 23 heavy (non-hydrogen) atoms. The Balaban J connectivity index is 1.71. The Morgan fingerprint density at radius 2 is 2.13 bits per heavy atom. The molecule has 0 spiro atoms. The van der Waals surface area contributed by atoms with Crippen LogP contribution in [0, 0.1) is 5.92 Å². The van der Waals surface area contributed by atoms with Crippen LogP contribution in [0.4, 0.5) is 0 Å². The summed E-state index contributed by atoms with van der Waals surface area (Å²) in [4.78, 5) is 24.8. The molecule has 1 saturated heterocycles. The van der Waals surface area contributed by atoms with Crippen LogP contribution in [0.15, 0.2) is 28.7 Å². The molecule has 0 aliphatic carbocycles. The lowest BCUT2D eigenvalue weighted by molar-refractivity contribution is -0.146. The Hall–Kier alpha value is -1.60. The predicted molar refractivity (Wildman–Crippen MR) is 89.2 cm³/mol. The molecule has 7 heteroatoms. The highest BCUT2D eigenvalue weighted by atomic mass is 79.9. The molecule has 1 heterocycles. The smallest absolute Gasteiger partial charge is 0.308 e. The van der Waals surface area contributed by atoms with Crippen LogP contribution in [0.1, 0.15) is 19.3 Å². The summed E-state index contributed by atoms with van der Waals surface area (Å²) in [6.45, 7) is 1.21. The van der Waals surface area contributed by atoms with Gasteiger partial charge in [0.15, 0.2) is 0 Å². The van der Waals surface area contributed by atoms with Gasteiger partial charge in [0, 0.05) is 25.6 Å². The number of carboxylic acid groups (broad SMARTS) is 1. The number of ether oxygens (including phenoxy) is 1. The van der Waals surface area contributed by atoms with Gasteiger partial charge in [-0.2, -0.15) is 0 Å². The number of halogens is 1. The van der Waals surface area contributed by atoms with Crippen LogP contribution in [-0.4, -0.2) is 47.6 Å². The number of para-hydroxylation sites is 1. The summed E-state index contributed by atoms with van der Waals surface area (Å²) in [5, 5.41) is 9.03. The maximum absolute atomic E-state index is 12.2. The Morgan fingerprint density at radius 1 is 1.39 bits per heavy atom. The maximum Gasteiger partial charge on any atom is 0.308 e. The van der Waals surface area contributed by atoms with Crippen molar-refractivity contribution in [1.29, 1.82) is 0 Å². The highest BCUT2D eigenvalue weighted by Crippen LogP contribution is 2.24. The van der Waals surface area contributed by atoms with E-state index in [4.69, 9.17) is 15.6 Å². The van der Waals surface area contributed by atoms with Gasteiger partial charge >= 0.3 is 5.97 Å². The average Bonchev–Trinajstić information content (AvgIpc) is 2.52. The molecule has 0 radical (unpaired) electrons. The minimum atomic E-state index is -0.883. The number of piperidine rings is 1. The maximum atomic E-state index is 12.2. The molecule has 3 N–H and O–H groups in total. The largest absolute Gasteiger partial charge is 0.492 e. The van der Waals surface area contributed by atoms with E-state index in [-0.39, 0.29) is 5.91 Å². The Kier molecular flexibility index (Phi) is 6.41. The fraction of sp³-hybridized carbons (Fsp3) is 0.500. The van der Waals surface area contributed by atoms with Crippen molar-refractivity contribution in [3.8, 4) is 5.75 Å². The van der Waals surface area contributed by atoms with Crippen molar-refractivity contribution in [3.63, 3.8) is 0 Å². The zero-order valence-electron chi connectivity index (χ0n) is 12.8. The van der Waals surface area contributed by atoms with Crippen molar-refractivity contribution >= 4 is 27.8 Å². The SMILES string of the molecule is NC1CN(C(=O)CCCOc2ccccc2Br)CCC1C(=O)O. The van der Waals surface area contributed by atoms with Gasteiger partial charge in [-0.05, 0) is 40.9 Å². The number of aliphatic carboxylic acids is 1. The van der Waals surface area contributed by atoms with Crippen LogP contribution in [0.3, 0.4) is 0 Å². The van der Waals surface area contributed by atoms with Crippen LogP contribution in [0.2, 0.25) is 0 Å². The van der Waals surface area contributed by atoms with E-state index in [0.29, 0.717) is 39.0 Å². The molecule has 0 saturated carbocycles. The van der Waals surface area contributed by atoms with Gasteiger partial charge in [-0.25, -0.2) is 0 Å². The second-order valence-corrected chi connectivity index (χ2v) is 6.47. The molecular formula is C16H21BrN2O4. The van der Waals surface area contributed by atoms with Crippen LogP contribution in [-0.2, 0) is 9.59 Å². The number of nitrogens with zero attached hydrogens (tertiary/aromatic N) is 1. The summed E-state index contributed by atoms with van der Waals surface area (Å²) in [6, 6.07) is 7.06. The third-order valence-corrected chi connectivity index (χ3v) is 4.61. The first-order valence-electron chi connectivity index (χ1n) is 7.62. The molecule has 6 nitrogen and oxygen atoms in total. The number of carboxylic acids is 1. The number of likely N-dealkylation sites (tertiary alicyclic amines) is 1. The summed E-state index contributed by atoms with van der Waals surface area (Å²) in [5.41, 5.74) is 5.85. The van der Waals surface area contributed by atoms with Crippen molar-refractivity contribution < 1.29 is 19.4 Å². The molecule has 1 aliphatic rings. The Morgan fingerprint density at radius 3 is 2.78 bits per heavy atom. The number of amides is 1. The third-order valence-electron chi connectivity index (χ3n) is 3.96. The van der Waals surface area contributed by atoms with E-state index >= 15 is 0 Å². The summed E-state index contributed by atoms with van der Waals surface area (Å²) < 4.78 is 6.51. The molecule has 1 aromatic rings. The number of hydrogen-bond acceptors (Lipinski definition) is 4. The first kappa shape index (κ1) is 17.7. The standard InChI is InChI=1S/C16H21BrN2O4/c17-12-4-1-2-5-14(12)23-9-3-6-15(20)19-8-7-11(16(21)22)13(18)10-19/h1-2,4-5,11,13H,3,6-10,18H2,(H,21,22). The number of rotatable bonds is 6. The van der Waals surface area contributed by atoms with E-state index in [0.717, 1.165) is 10.2 Å². The van der Waals surface area contributed by atoms with Crippen LogP contribution < -0.4 is 10.5 Å². The van der Waals surface area contributed by atoms with E-state index in [1.807, 2.05) is 24.3 Å². The minimum absolute atomic E-state index is 0.0000149. The Labute approximate surface area is 143 Å². The number of benzene rings is 1. The molecule has 126 valence electrons. The zero-order valence-corrected chi connectivity index (χ0v) is 14.4. The lowest BCUT2D eigenvalue weighted by Gasteiger charge is -2.34. The number of carbonyl (C=O) groups excluding carboxylic acids is 1. The first-order valence-corrected chi connectivity index (χ1v) is 8.42. The second-order valence-electron chi connectivity index (χ2n) is 5.62. The lowest BCUT2D eigenvalue weighted by Crippen LogP contribution is -2.52. The predicted octanol–water partition coefficient (Wildman–Crippen LogP) is 1.87. The summed E-state index contributed by atoms with van der Waals surface area (Å²) >= 11 is 3.40. The van der Waals surface area contributed by atoms with Gasteiger partial charge in [-0.3, -0.25) is 9.59 Å². The van der Waals surface area contributed by atoms with Gasteiger partial charge in [-0.1, -0.05) is 12.1 Å². The van der Waals surface area contributed by atoms with Gasteiger partial charge in [0.1, 0.15) is 5.75 Å². The van der Waals surface area contributed by atoms with Crippen LogP contribution in [0.5, 0.6) is 5.75 Å². The summed E-state index contributed by atoms with van der Waals surface area (Å²) in [6.07, 6.45) is 1.39. The molecule has 2 rings (SSSR count). The fourth-order valence-corrected chi connectivity index (χ4v) is 3.04.